The highest BCUT2D eigenvalue weighted by molar-refractivity contribution is 14.1. The van der Waals surface area contributed by atoms with Crippen molar-refractivity contribution < 1.29 is 13.5 Å². The van der Waals surface area contributed by atoms with Crippen LogP contribution in [0.1, 0.15) is 12.0 Å². The molecule has 0 spiro atoms. The third kappa shape index (κ3) is 1.98. The first-order valence-electron chi connectivity index (χ1n) is 3.31. The van der Waals surface area contributed by atoms with Gasteiger partial charge in [-0.2, -0.15) is 0 Å². The van der Waals surface area contributed by atoms with E-state index in [9.17, 15) is 13.6 Å². The van der Waals surface area contributed by atoms with Crippen LogP contribution in [0.25, 0.3) is 0 Å². The number of nitrogens with one attached hydrogen (secondary N) is 1. The molecule has 1 aromatic rings. The third-order valence-electron chi connectivity index (χ3n) is 1.46. The molecule has 0 aromatic carbocycles. The van der Waals surface area contributed by atoms with Crippen LogP contribution in [0.4, 0.5) is 8.78 Å². The van der Waals surface area contributed by atoms with Crippen molar-refractivity contribution in [2.24, 2.45) is 0 Å². The molecule has 72 valence electrons. The van der Waals surface area contributed by atoms with Gasteiger partial charge >= 0.3 is 0 Å². The van der Waals surface area contributed by atoms with Gasteiger partial charge in [-0.05, 0) is 22.6 Å². The van der Waals surface area contributed by atoms with Gasteiger partial charge in [0, 0.05) is 6.20 Å². The number of halogens is 3. The molecule has 0 radical (unpaired) electrons. The molecular weight excluding hydrogens is 295 g/mol. The molecule has 0 atom stereocenters. The van der Waals surface area contributed by atoms with Gasteiger partial charge in [0.2, 0.25) is 11.3 Å². The molecule has 1 heterocycles. The Bertz CT molecular complexity index is 364. The minimum absolute atomic E-state index is 0.137. The minimum Gasteiger partial charge on any atom is -0.481 e. The first-order valence-corrected chi connectivity index (χ1v) is 4.39. The summed E-state index contributed by atoms with van der Waals surface area (Å²) in [6, 6.07) is 0. The van der Waals surface area contributed by atoms with E-state index in [0.717, 1.165) is 6.20 Å². The Morgan fingerprint density at radius 2 is 2.23 bits per heavy atom. The van der Waals surface area contributed by atoms with Gasteiger partial charge in [0.1, 0.15) is 3.57 Å². The first-order chi connectivity index (χ1) is 6.07. The number of methoxy groups -OCH3 is 1. The number of rotatable bonds is 2. The SMILES string of the molecule is COc1[nH]cc(C(F)F)c(=O)c1I. The minimum atomic E-state index is -2.76. The summed E-state index contributed by atoms with van der Waals surface area (Å²) in [4.78, 5) is 13.7. The molecule has 1 rings (SSSR count). The lowest BCUT2D eigenvalue weighted by Crippen LogP contribution is -2.14. The summed E-state index contributed by atoms with van der Waals surface area (Å²) in [6.07, 6.45) is -1.79. The van der Waals surface area contributed by atoms with Crippen molar-refractivity contribution in [1.82, 2.24) is 4.98 Å². The lowest BCUT2D eigenvalue weighted by Gasteiger charge is -2.04. The fraction of sp³-hybridized carbons (Fsp3) is 0.286. The third-order valence-corrected chi connectivity index (χ3v) is 2.44. The highest BCUT2D eigenvalue weighted by Gasteiger charge is 2.16. The van der Waals surface area contributed by atoms with Crippen molar-refractivity contribution in [1.29, 1.82) is 0 Å². The summed E-state index contributed by atoms with van der Waals surface area (Å²) in [7, 11) is 1.36. The molecule has 0 saturated heterocycles. The number of aromatic amines is 1. The Balaban J connectivity index is 3.32. The quantitative estimate of drug-likeness (QED) is 0.848. The average Bonchev–Trinajstić information content (AvgIpc) is 2.09. The van der Waals surface area contributed by atoms with E-state index < -0.39 is 17.4 Å². The molecule has 0 fully saturated rings. The molecule has 0 bridgehead atoms. The zero-order valence-corrected chi connectivity index (χ0v) is 8.76. The fourth-order valence-electron chi connectivity index (χ4n) is 0.813. The van der Waals surface area contributed by atoms with E-state index in [1.54, 1.807) is 22.6 Å². The number of hydrogen-bond acceptors (Lipinski definition) is 2. The van der Waals surface area contributed by atoms with Crippen LogP contribution in [0.5, 0.6) is 5.88 Å². The predicted molar refractivity (Wildman–Crippen MR) is 51.3 cm³/mol. The largest absolute Gasteiger partial charge is 0.481 e. The fourth-order valence-corrected chi connectivity index (χ4v) is 1.50. The van der Waals surface area contributed by atoms with Crippen molar-refractivity contribution >= 4 is 22.6 Å². The van der Waals surface area contributed by atoms with Crippen molar-refractivity contribution in [2.45, 2.75) is 6.43 Å². The molecule has 1 aromatic heterocycles. The van der Waals surface area contributed by atoms with E-state index in [4.69, 9.17) is 4.74 Å². The van der Waals surface area contributed by atoms with Crippen LogP contribution in [-0.2, 0) is 0 Å². The maximum Gasteiger partial charge on any atom is 0.269 e. The topological polar surface area (TPSA) is 42.1 Å². The van der Waals surface area contributed by atoms with Crippen LogP contribution in [0.3, 0.4) is 0 Å². The van der Waals surface area contributed by atoms with Gasteiger partial charge in [-0.3, -0.25) is 4.79 Å². The molecule has 0 aliphatic carbocycles. The standard InChI is InChI=1S/C7H6F2INO2/c1-13-7-4(10)5(12)3(2-11-7)6(8)9/h2,6H,1H3,(H,11,12). The van der Waals surface area contributed by atoms with Crippen molar-refractivity contribution in [3.8, 4) is 5.88 Å². The van der Waals surface area contributed by atoms with E-state index in [-0.39, 0.29) is 9.45 Å². The smallest absolute Gasteiger partial charge is 0.269 e. The monoisotopic (exact) mass is 301 g/mol. The number of alkyl halides is 2. The van der Waals surface area contributed by atoms with Gasteiger partial charge in [-0.15, -0.1) is 0 Å². The predicted octanol–water partition coefficient (Wildman–Crippen LogP) is 1.93. The van der Waals surface area contributed by atoms with Gasteiger partial charge in [0.05, 0.1) is 12.7 Å². The number of aromatic nitrogens is 1. The second-order valence-corrected chi connectivity index (χ2v) is 3.30. The Labute approximate surface area is 86.2 Å². The Morgan fingerprint density at radius 1 is 1.62 bits per heavy atom. The molecule has 3 nitrogen and oxygen atoms in total. The normalized spacial score (nSPS) is 10.5. The van der Waals surface area contributed by atoms with Crippen molar-refractivity contribution in [2.75, 3.05) is 7.11 Å². The van der Waals surface area contributed by atoms with Gasteiger partial charge < -0.3 is 9.72 Å². The second kappa shape index (κ2) is 4.03. The molecule has 6 heteroatoms. The van der Waals surface area contributed by atoms with E-state index in [0.29, 0.717) is 0 Å². The highest BCUT2D eigenvalue weighted by Crippen LogP contribution is 2.19. The van der Waals surface area contributed by atoms with E-state index in [1.807, 2.05) is 0 Å². The zero-order valence-electron chi connectivity index (χ0n) is 6.61. The van der Waals surface area contributed by atoms with Gasteiger partial charge in [-0.1, -0.05) is 0 Å². The van der Waals surface area contributed by atoms with E-state index >= 15 is 0 Å². The number of ether oxygens (including phenoxy) is 1. The molecule has 0 saturated carbocycles. The molecule has 1 N–H and O–H groups in total. The van der Waals surface area contributed by atoms with E-state index in [1.165, 1.54) is 7.11 Å². The van der Waals surface area contributed by atoms with Crippen LogP contribution < -0.4 is 10.2 Å². The van der Waals surface area contributed by atoms with E-state index in [2.05, 4.69) is 4.98 Å². The maximum absolute atomic E-state index is 12.2. The number of hydrogen-bond donors (Lipinski definition) is 1. The summed E-state index contributed by atoms with van der Waals surface area (Å²) < 4.78 is 29.2. The van der Waals surface area contributed by atoms with Gasteiger partial charge in [0.15, 0.2) is 0 Å². The van der Waals surface area contributed by atoms with Gasteiger partial charge in [-0.25, -0.2) is 8.78 Å². The molecule has 0 amide bonds. The first kappa shape index (κ1) is 10.4. The summed E-state index contributed by atoms with van der Waals surface area (Å²) >= 11 is 1.66. The summed E-state index contributed by atoms with van der Waals surface area (Å²) in [5.74, 6) is 0.204. The molecule has 13 heavy (non-hydrogen) atoms. The number of pyridine rings is 1. The van der Waals surface area contributed by atoms with Crippen molar-refractivity contribution in [3.63, 3.8) is 0 Å². The Hall–Kier alpha value is -0.660. The van der Waals surface area contributed by atoms with Crippen LogP contribution in [0.2, 0.25) is 0 Å². The number of H-pyrrole nitrogens is 1. The maximum atomic E-state index is 12.2. The molecule has 0 aliphatic heterocycles. The lowest BCUT2D eigenvalue weighted by molar-refractivity contribution is 0.149. The van der Waals surface area contributed by atoms with Crippen LogP contribution in [0, 0.1) is 3.57 Å². The summed E-state index contributed by atoms with van der Waals surface area (Å²) in [6.45, 7) is 0. The van der Waals surface area contributed by atoms with Gasteiger partial charge in [0.25, 0.3) is 6.43 Å². The van der Waals surface area contributed by atoms with Crippen LogP contribution in [-0.4, -0.2) is 12.1 Å². The summed E-state index contributed by atoms with van der Waals surface area (Å²) in [5, 5.41) is 0. The molecule has 0 unspecified atom stereocenters. The lowest BCUT2D eigenvalue weighted by atomic mass is 10.3. The molecular formula is C7H6F2INO2. The average molecular weight is 301 g/mol. The summed E-state index contributed by atoms with van der Waals surface area (Å²) in [5.41, 5.74) is -1.23. The van der Waals surface area contributed by atoms with Crippen LogP contribution >= 0.6 is 22.6 Å². The van der Waals surface area contributed by atoms with Crippen molar-refractivity contribution in [3.05, 3.63) is 25.6 Å². The highest BCUT2D eigenvalue weighted by atomic mass is 127. The molecule has 0 aliphatic rings. The Kier molecular flexibility index (Phi) is 3.23. The second-order valence-electron chi connectivity index (χ2n) is 2.22. The zero-order chi connectivity index (χ0) is 10.0. The van der Waals surface area contributed by atoms with Crippen LogP contribution in [0.15, 0.2) is 11.0 Å². The Morgan fingerprint density at radius 3 is 2.69 bits per heavy atom.